The molecule has 1 unspecified atom stereocenters. The summed E-state index contributed by atoms with van der Waals surface area (Å²) >= 11 is 0. The highest BCUT2D eigenvalue weighted by molar-refractivity contribution is 5.85. The molecule has 1 aromatic carbocycles. The van der Waals surface area contributed by atoms with Crippen LogP contribution in [-0.2, 0) is 0 Å². The molecule has 1 saturated heterocycles. The van der Waals surface area contributed by atoms with Crippen LogP contribution in [0, 0.1) is 5.41 Å². The fourth-order valence-corrected chi connectivity index (χ4v) is 2.19. The fraction of sp³-hybridized carbons (Fsp3) is 0.400. The number of rotatable bonds is 3. The normalized spacial score (nSPS) is 20.0. The second kappa shape index (κ2) is 7.93. The van der Waals surface area contributed by atoms with Gasteiger partial charge in [-0.15, -0.1) is 12.4 Å². The summed E-state index contributed by atoms with van der Waals surface area (Å²) in [6, 6.07) is 10.8. The first-order valence-corrected chi connectivity index (χ1v) is 6.40. The number of nitrogens with one attached hydrogen (secondary N) is 2. The molecule has 2 N–H and O–H groups in total. The molecule has 18 heavy (non-hydrogen) atoms. The summed E-state index contributed by atoms with van der Waals surface area (Å²) < 4.78 is 0. The van der Waals surface area contributed by atoms with Crippen LogP contribution in [0.15, 0.2) is 36.4 Å². The van der Waals surface area contributed by atoms with E-state index in [4.69, 9.17) is 5.41 Å². The highest BCUT2D eigenvalue weighted by Crippen LogP contribution is 2.13. The molecule has 2 nitrogen and oxygen atoms in total. The van der Waals surface area contributed by atoms with Crippen molar-refractivity contribution in [1.82, 2.24) is 5.32 Å². The lowest BCUT2D eigenvalue weighted by Crippen LogP contribution is -2.31. The molecule has 3 heteroatoms. The van der Waals surface area contributed by atoms with Gasteiger partial charge in [0, 0.05) is 12.5 Å². The van der Waals surface area contributed by atoms with E-state index in [2.05, 4.69) is 41.7 Å². The van der Waals surface area contributed by atoms with E-state index in [9.17, 15) is 0 Å². The first-order valence-electron chi connectivity index (χ1n) is 6.40. The van der Waals surface area contributed by atoms with Gasteiger partial charge in [0.2, 0.25) is 0 Å². The van der Waals surface area contributed by atoms with E-state index in [1.54, 1.807) is 0 Å². The molecule has 1 aliphatic heterocycles. The van der Waals surface area contributed by atoms with Crippen LogP contribution in [0.4, 0.5) is 0 Å². The number of benzene rings is 1. The zero-order valence-electron chi connectivity index (χ0n) is 10.6. The van der Waals surface area contributed by atoms with Crippen LogP contribution in [-0.4, -0.2) is 11.9 Å². The van der Waals surface area contributed by atoms with Gasteiger partial charge in [0.05, 0.1) is 5.84 Å². The van der Waals surface area contributed by atoms with Crippen LogP contribution < -0.4 is 5.32 Å². The summed E-state index contributed by atoms with van der Waals surface area (Å²) in [4.78, 5) is 0. The minimum Gasteiger partial charge on any atom is -0.371 e. The maximum absolute atomic E-state index is 7.72. The number of hydrogen-bond donors (Lipinski definition) is 2. The highest BCUT2D eigenvalue weighted by Gasteiger charge is 2.12. The standard InChI is InChI=1S/C15H20N2.ClH/c16-15-12-5-4-10-14(17-15)11-6-9-13-7-2-1-3-8-13;/h1-3,6-9,14H,4-5,10-12H2,(H2,16,17);1H. The third-order valence-electron chi connectivity index (χ3n) is 3.14. The summed E-state index contributed by atoms with van der Waals surface area (Å²) in [5.74, 6) is 0.709. The fourth-order valence-electron chi connectivity index (χ4n) is 2.19. The van der Waals surface area contributed by atoms with Crippen molar-refractivity contribution in [1.29, 1.82) is 5.41 Å². The van der Waals surface area contributed by atoms with Crippen molar-refractivity contribution in [2.75, 3.05) is 0 Å². The third kappa shape index (κ3) is 4.92. The van der Waals surface area contributed by atoms with Crippen molar-refractivity contribution in [3.05, 3.63) is 42.0 Å². The summed E-state index contributed by atoms with van der Waals surface area (Å²) in [6.45, 7) is 0. The molecule has 0 radical (unpaired) electrons. The second-order valence-corrected chi connectivity index (χ2v) is 4.61. The van der Waals surface area contributed by atoms with Crippen LogP contribution in [0.5, 0.6) is 0 Å². The Morgan fingerprint density at radius 1 is 1.22 bits per heavy atom. The monoisotopic (exact) mass is 264 g/mol. The Morgan fingerprint density at radius 3 is 2.78 bits per heavy atom. The molecule has 0 saturated carbocycles. The minimum atomic E-state index is 0. The average Bonchev–Trinajstić information content (AvgIpc) is 2.55. The lowest BCUT2D eigenvalue weighted by molar-refractivity contribution is 0.558. The Balaban J connectivity index is 0.00000162. The molecule has 1 aliphatic rings. The van der Waals surface area contributed by atoms with E-state index in [1.807, 2.05) is 6.07 Å². The van der Waals surface area contributed by atoms with Crippen molar-refractivity contribution in [3.63, 3.8) is 0 Å². The smallest absolute Gasteiger partial charge is 0.0933 e. The zero-order valence-corrected chi connectivity index (χ0v) is 11.4. The van der Waals surface area contributed by atoms with Crippen LogP contribution in [0.1, 0.15) is 37.7 Å². The lowest BCUT2D eigenvalue weighted by atomic mass is 10.1. The summed E-state index contributed by atoms with van der Waals surface area (Å²) in [5.41, 5.74) is 1.25. The molecule has 1 aromatic rings. The Kier molecular flexibility index (Phi) is 6.51. The molecular formula is C15H21ClN2. The van der Waals surface area contributed by atoms with Gasteiger partial charge in [0.25, 0.3) is 0 Å². The number of hydrogen-bond acceptors (Lipinski definition) is 1. The van der Waals surface area contributed by atoms with Crippen LogP contribution in [0.2, 0.25) is 0 Å². The van der Waals surface area contributed by atoms with Gasteiger partial charge in [-0.25, -0.2) is 0 Å². The maximum atomic E-state index is 7.72. The molecular weight excluding hydrogens is 244 g/mol. The van der Waals surface area contributed by atoms with Gasteiger partial charge < -0.3 is 5.32 Å². The van der Waals surface area contributed by atoms with E-state index in [0.29, 0.717) is 11.9 Å². The number of halogens is 1. The topological polar surface area (TPSA) is 35.9 Å². The highest BCUT2D eigenvalue weighted by atomic mass is 35.5. The van der Waals surface area contributed by atoms with Crippen molar-refractivity contribution < 1.29 is 0 Å². The molecule has 0 aromatic heterocycles. The molecule has 0 spiro atoms. The molecule has 1 fully saturated rings. The van der Waals surface area contributed by atoms with Gasteiger partial charge in [-0.1, -0.05) is 48.9 Å². The SMILES string of the molecule is Cl.N=C1CCCCC(CC=Cc2ccccc2)N1. The zero-order chi connectivity index (χ0) is 11.9. The van der Waals surface area contributed by atoms with Gasteiger partial charge in [-0.3, -0.25) is 5.41 Å². The first kappa shape index (κ1) is 14.8. The Morgan fingerprint density at radius 2 is 2.00 bits per heavy atom. The van der Waals surface area contributed by atoms with Gasteiger partial charge in [-0.05, 0) is 24.8 Å². The quantitative estimate of drug-likeness (QED) is 0.850. The lowest BCUT2D eigenvalue weighted by Gasteiger charge is -2.14. The van der Waals surface area contributed by atoms with E-state index >= 15 is 0 Å². The molecule has 0 amide bonds. The van der Waals surface area contributed by atoms with E-state index in [1.165, 1.54) is 18.4 Å². The predicted octanol–water partition coefficient (Wildman–Crippen LogP) is 4.02. The molecule has 0 aliphatic carbocycles. The molecule has 1 heterocycles. The van der Waals surface area contributed by atoms with E-state index in [0.717, 1.165) is 19.3 Å². The predicted molar refractivity (Wildman–Crippen MR) is 80.5 cm³/mol. The first-order chi connectivity index (χ1) is 8.34. The van der Waals surface area contributed by atoms with E-state index < -0.39 is 0 Å². The summed E-state index contributed by atoms with van der Waals surface area (Å²) in [5, 5.41) is 11.0. The summed E-state index contributed by atoms with van der Waals surface area (Å²) in [6.07, 6.45) is 9.88. The van der Waals surface area contributed by atoms with Gasteiger partial charge >= 0.3 is 0 Å². The number of amidine groups is 1. The van der Waals surface area contributed by atoms with Gasteiger partial charge in [0.1, 0.15) is 0 Å². The van der Waals surface area contributed by atoms with Crippen molar-refractivity contribution >= 4 is 24.3 Å². The van der Waals surface area contributed by atoms with Gasteiger partial charge in [-0.2, -0.15) is 0 Å². The molecule has 0 bridgehead atoms. The van der Waals surface area contributed by atoms with Crippen LogP contribution in [0.3, 0.4) is 0 Å². The molecule has 98 valence electrons. The van der Waals surface area contributed by atoms with Gasteiger partial charge in [0.15, 0.2) is 0 Å². The maximum Gasteiger partial charge on any atom is 0.0933 e. The van der Waals surface area contributed by atoms with Crippen molar-refractivity contribution in [3.8, 4) is 0 Å². The Hall–Kier alpha value is -1.28. The Bertz CT molecular complexity index is 387. The van der Waals surface area contributed by atoms with Crippen molar-refractivity contribution in [2.24, 2.45) is 0 Å². The van der Waals surface area contributed by atoms with E-state index in [-0.39, 0.29) is 12.4 Å². The Labute approximate surface area is 115 Å². The largest absolute Gasteiger partial charge is 0.371 e. The third-order valence-corrected chi connectivity index (χ3v) is 3.14. The second-order valence-electron chi connectivity index (χ2n) is 4.61. The van der Waals surface area contributed by atoms with Crippen molar-refractivity contribution in [2.45, 2.75) is 38.1 Å². The van der Waals surface area contributed by atoms with Crippen LogP contribution in [0.25, 0.3) is 6.08 Å². The van der Waals surface area contributed by atoms with Crippen LogP contribution >= 0.6 is 12.4 Å². The summed E-state index contributed by atoms with van der Waals surface area (Å²) in [7, 11) is 0. The molecule has 2 rings (SSSR count). The minimum absolute atomic E-state index is 0. The average molecular weight is 265 g/mol. The molecule has 1 atom stereocenters.